The van der Waals surface area contributed by atoms with Crippen LogP contribution in [-0.2, 0) is 56.4 Å². The molecule has 3 aromatic rings. The SMILES string of the molecule is CC1(C)C(=CC=C2CCCC(C=CC3=[N+](CCC[N+](C)(C)C)c4ccc(S(C)(=O)=O)cc4C3(C)C)=C2c2ccc(CCC(=O)ON3C(=O)CCC3=O)cc2)N(CCC[N+](C)(C)C)c2ccc(S(=O)(=O)[O-])cc21. The number of hydrogen-bond donors (Lipinski definition) is 0. The van der Waals surface area contributed by atoms with E-state index in [2.05, 4.69) is 116 Å². The van der Waals surface area contributed by atoms with E-state index < -0.39 is 48.6 Å². The van der Waals surface area contributed by atoms with Crippen molar-refractivity contribution in [3.63, 3.8) is 0 Å². The molecule has 16 heteroatoms. The van der Waals surface area contributed by atoms with Gasteiger partial charge in [0.2, 0.25) is 5.69 Å². The number of imide groups is 1. The number of hydrogen-bond acceptors (Lipinski definition) is 10. The van der Waals surface area contributed by atoms with Gasteiger partial charge in [0.05, 0.1) is 83.4 Å². The van der Waals surface area contributed by atoms with Crippen LogP contribution in [0.3, 0.4) is 0 Å². The topological polar surface area (TPSA) is 161 Å². The maximum Gasteiger partial charge on any atom is 0.333 e. The van der Waals surface area contributed by atoms with Crippen LogP contribution < -0.4 is 4.90 Å². The average Bonchev–Trinajstić information content (AvgIpc) is 3.79. The van der Waals surface area contributed by atoms with E-state index in [9.17, 15) is 35.8 Å². The average molecular weight is 1020 g/mol. The Labute approximate surface area is 427 Å². The number of aryl methyl sites for hydroxylation is 1. The van der Waals surface area contributed by atoms with Crippen LogP contribution in [0, 0.1) is 0 Å². The van der Waals surface area contributed by atoms with E-state index in [1.165, 1.54) is 18.4 Å². The Morgan fingerprint density at radius 1 is 0.764 bits per heavy atom. The van der Waals surface area contributed by atoms with E-state index in [0.717, 1.165) is 122 Å². The van der Waals surface area contributed by atoms with Crippen molar-refractivity contribution in [2.75, 3.05) is 79.6 Å². The van der Waals surface area contributed by atoms with Gasteiger partial charge in [-0.15, -0.1) is 5.06 Å². The standard InChI is InChI=1S/C56H73N5O9S2/c1-55(2)45-37-43(71(11,65)66)24-26-47(45)57(33-13-35-60(5,6)7)49(55)28-22-40-15-12-16-41(54(40)42-20-17-39(18-21-42)19-32-53(64)70-59-51(62)30-31-52(59)63)23-29-50-56(3,4)46-38-44(72(67,68)69)25-27-48(46)58(50)34-14-36-61(8,9)10/h17-18,20-29,37-38H,12-16,19,30-36H2,1-11H3/q+2. The molecular weight excluding hydrogens is 951 g/mol. The Hall–Kier alpha value is -5.52. The van der Waals surface area contributed by atoms with Crippen molar-refractivity contribution in [1.82, 2.24) is 5.06 Å². The molecule has 0 saturated carbocycles. The normalized spacial score (nSPS) is 19.4. The summed E-state index contributed by atoms with van der Waals surface area (Å²) < 4.78 is 66.5. The molecule has 0 radical (unpaired) electrons. The number of nitrogens with zero attached hydrogens (tertiary/aromatic N) is 5. The lowest BCUT2D eigenvalue weighted by Gasteiger charge is -2.29. The summed E-state index contributed by atoms with van der Waals surface area (Å²) in [6.07, 6.45) is 14.6. The van der Waals surface area contributed by atoms with Gasteiger partial charge in [-0.3, -0.25) is 9.59 Å². The molecule has 0 bridgehead atoms. The fourth-order valence-corrected chi connectivity index (χ4v) is 11.6. The molecule has 1 aliphatic carbocycles. The van der Waals surface area contributed by atoms with Crippen LogP contribution in [0.25, 0.3) is 5.57 Å². The zero-order chi connectivity index (χ0) is 52.8. The number of sulfone groups is 1. The molecule has 3 aromatic carbocycles. The highest BCUT2D eigenvalue weighted by molar-refractivity contribution is 7.90. The zero-order valence-corrected chi connectivity index (χ0v) is 45.6. The van der Waals surface area contributed by atoms with Crippen LogP contribution in [0.1, 0.15) is 101 Å². The van der Waals surface area contributed by atoms with Gasteiger partial charge in [0.25, 0.3) is 11.8 Å². The van der Waals surface area contributed by atoms with Gasteiger partial charge in [0.15, 0.2) is 22.1 Å². The van der Waals surface area contributed by atoms with Crippen molar-refractivity contribution >= 4 is 60.4 Å². The van der Waals surface area contributed by atoms with Crippen molar-refractivity contribution in [3.8, 4) is 0 Å². The number of fused-ring (bicyclic) bond motifs is 2. The first kappa shape index (κ1) is 54.3. The minimum atomic E-state index is -4.69. The van der Waals surface area contributed by atoms with Gasteiger partial charge in [-0.05, 0) is 109 Å². The van der Waals surface area contributed by atoms with Crippen LogP contribution in [0.4, 0.5) is 11.4 Å². The van der Waals surface area contributed by atoms with Crippen LogP contribution in [0.5, 0.6) is 0 Å². The summed E-state index contributed by atoms with van der Waals surface area (Å²) in [5.74, 6) is -1.70. The van der Waals surface area contributed by atoms with Gasteiger partial charge < -0.3 is 23.3 Å². The maximum absolute atomic E-state index is 12.8. The van der Waals surface area contributed by atoms with Gasteiger partial charge in [-0.2, -0.15) is 4.58 Å². The van der Waals surface area contributed by atoms with Crippen molar-refractivity contribution in [2.24, 2.45) is 0 Å². The minimum Gasteiger partial charge on any atom is -0.744 e. The first-order chi connectivity index (χ1) is 33.5. The summed E-state index contributed by atoms with van der Waals surface area (Å²) in [5, 5.41) is 0.574. The molecule has 0 spiro atoms. The molecule has 0 aromatic heterocycles. The molecule has 0 unspecified atom stereocenters. The predicted octanol–water partition coefficient (Wildman–Crippen LogP) is 7.90. The number of rotatable bonds is 18. The molecule has 14 nitrogen and oxygen atoms in total. The number of amides is 2. The van der Waals surface area contributed by atoms with E-state index in [0.29, 0.717) is 22.9 Å². The third kappa shape index (κ3) is 12.1. The van der Waals surface area contributed by atoms with E-state index in [1.807, 2.05) is 24.3 Å². The zero-order valence-electron chi connectivity index (χ0n) is 44.0. The molecule has 0 N–H and O–H groups in total. The fourth-order valence-electron chi connectivity index (χ4n) is 10.5. The third-order valence-electron chi connectivity index (χ3n) is 14.3. The number of hydroxylamine groups is 2. The summed E-state index contributed by atoms with van der Waals surface area (Å²) in [6, 6.07) is 18.3. The number of carbonyl (C=O) groups is 3. The Kier molecular flexibility index (Phi) is 15.4. The second-order valence-electron chi connectivity index (χ2n) is 22.8. The Bertz CT molecular complexity index is 3040. The summed E-state index contributed by atoms with van der Waals surface area (Å²) in [4.78, 5) is 44.3. The Balaban J connectivity index is 1.33. The van der Waals surface area contributed by atoms with Crippen LogP contribution in [-0.4, -0.2) is 138 Å². The second-order valence-corrected chi connectivity index (χ2v) is 26.2. The maximum atomic E-state index is 12.8. The molecule has 1 saturated heterocycles. The largest absolute Gasteiger partial charge is 0.744 e. The van der Waals surface area contributed by atoms with E-state index in [-0.39, 0.29) is 24.2 Å². The highest BCUT2D eigenvalue weighted by Gasteiger charge is 2.45. The highest BCUT2D eigenvalue weighted by atomic mass is 32.2. The molecule has 3 aliphatic heterocycles. The predicted molar refractivity (Wildman–Crippen MR) is 280 cm³/mol. The van der Waals surface area contributed by atoms with Crippen LogP contribution >= 0.6 is 0 Å². The Morgan fingerprint density at radius 2 is 1.39 bits per heavy atom. The molecule has 3 heterocycles. The lowest BCUT2D eigenvalue weighted by atomic mass is 9.79. The molecule has 4 aliphatic rings. The van der Waals surface area contributed by atoms with Crippen molar-refractivity contribution in [3.05, 3.63) is 124 Å². The highest BCUT2D eigenvalue weighted by Crippen LogP contribution is 2.49. The first-order valence-corrected chi connectivity index (χ1v) is 28.2. The molecule has 7 rings (SSSR count). The fraction of sp³-hybridized carbons (Fsp3) is 0.464. The van der Waals surface area contributed by atoms with E-state index in [4.69, 9.17) is 4.84 Å². The number of quaternary nitrogens is 2. The minimum absolute atomic E-state index is 0.0226. The molecule has 72 heavy (non-hydrogen) atoms. The molecule has 386 valence electrons. The summed E-state index contributed by atoms with van der Waals surface area (Å²) >= 11 is 0. The van der Waals surface area contributed by atoms with E-state index in [1.54, 1.807) is 12.1 Å². The molecule has 0 atom stereocenters. The number of allylic oxidation sites excluding steroid dienone is 8. The molecule has 2 amide bonds. The number of anilines is 1. The van der Waals surface area contributed by atoms with Gasteiger partial charge in [-0.25, -0.2) is 21.6 Å². The number of benzene rings is 3. The second kappa shape index (κ2) is 20.4. The van der Waals surface area contributed by atoms with Gasteiger partial charge in [0, 0.05) is 66.6 Å². The quantitative estimate of drug-likeness (QED) is 0.0530. The Morgan fingerprint density at radius 3 is 2.01 bits per heavy atom. The smallest absolute Gasteiger partial charge is 0.333 e. The summed E-state index contributed by atoms with van der Waals surface area (Å²) in [6.45, 7) is 11.8. The molecule has 1 fully saturated rings. The van der Waals surface area contributed by atoms with Crippen molar-refractivity contribution in [1.29, 1.82) is 0 Å². The first-order valence-electron chi connectivity index (χ1n) is 24.9. The van der Waals surface area contributed by atoms with Crippen LogP contribution in [0.2, 0.25) is 0 Å². The van der Waals surface area contributed by atoms with Gasteiger partial charge in [-0.1, -0.05) is 50.3 Å². The monoisotopic (exact) mass is 1020 g/mol. The summed E-state index contributed by atoms with van der Waals surface area (Å²) in [7, 11) is 4.87. The van der Waals surface area contributed by atoms with Crippen molar-refractivity contribution < 1.29 is 54.2 Å². The van der Waals surface area contributed by atoms with Crippen LogP contribution in [0.15, 0.2) is 112 Å². The van der Waals surface area contributed by atoms with Crippen molar-refractivity contribution in [2.45, 2.75) is 106 Å². The number of carbonyl (C=O) groups excluding carboxylic acids is 3. The third-order valence-corrected chi connectivity index (χ3v) is 16.3. The van der Waals surface area contributed by atoms with Gasteiger partial charge in [0.1, 0.15) is 10.1 Å². The summed E-state index contributed by atoms with van der Waals surface area (Å²) in [5.41, 5.74) is 9.70. The lowest BCUT2D eigenvalue weighted by molar-refractivity contribution is -0.871. The van der Waals surface area contributed by atoms with E-state index >= 15 is 0 Å². The lowest BCUT2D eigenvalue weighted by Crippen LogP contribution is -2.37. The van der Waals surface area contributed by atoms with Gasteiger partial charge >= 0.3 is 5.97 Å². The molecular formula is C56H73N5O9S2+2.